The summed E-state index contributed by atoms with van der Waals surface area (Å²) in [6.45, 7) is 6.42. The Morgan fingerprint density at radius 3 is 2.52 bits per heavy atom. The zero-order valence-electron chi connectivity index (χ0n) is 17.5. The molecule has 1 aliphatic heterocycles. The number of carbonyl (C=O) groups excluding carboxylic acids is 1. The second-order valence-corrected chi connectivity index (χ2v) is 8.54. The maximum absolute atomic E-state index is 11.8. The van der Waals surface area contributed by atoms with Gasteiger partial charge >= 0.3 is 5.97 Å². The standard InChI is InChI=1S/C22H23N3O5S/c1-13-9-14(2)20(15(3)10-13)23-22(24-8-4-5-18(24)21(27)28)31-19-7-6-17(25(29)30)11-16(19)12-26/h6-7,9-12,18H,4-5,8H2,1-3H3,(H,27,28)/b23-22+. The summed E-state index contributed by atoms with van der Waals surface area (Å²) < 4.78 is 0. The Balaban J connectivity index is 2.11. The summed E-state index contributed by atoms with van der Waals surface area (Å²) in [5.74, 6) is -0.928. The highest BCUT2D eigenvalue weighted by atomic mass is 32.2. The van der Waals surface area contributed by atoms with Crippen molar-refractivity contribution in [1.82, 2.24) is 4.90 Å². The predicted octanol–water partition coefficient (Wildman–Crippen LogP) is 4.66. The van der Waals surface area contributed by atoms with E-state index in [1.807, 2.05) is 32.9 Å². The molecule has 1 heterocycles. The number of likely N-dealkylation sites (tertiary alicyclic amines) is 1. The SMILES string of the molecule is Cc1cc(C)c(/N=C(/Sc2ccc([N+](=O)[O-])cc2C=O)N2CCCC2C(=O)O)c(C)c1. The summed E-state index contributed by atoms with van der Waals surface area (Å²) >= 11 is 1.15. The van der Waals surface area contributed by atoms with Crippen molar-refractivity contribution in [3.63, 3.8) is 0 Å². The zero-order valence-corrected chi connectivity index (χ0v) is 18.3. The van der Waals surface area contributed by atoms with Gasteiger partial charge in [0.15, 0.2) is 11.5 Å². The van der Waals surface area contributed by atoms with Crippen molar-refractivity contribution in [1.29, 1.82) is 0 Å². The lowest BCUT2D eigenvalue weighted by molar-refractivity contribution is -0.384. The average Bonchev–Trinajstić information content (AvgIpc) is 3.19. The minimum absolute atomic E-state index is 0.162. The minimum atomic E-state index is -0.928. The Morgan fingerprint density at radius 1 is 1.26 bits per heavy atom. The van der Waals surface area contributed by atoms with Crippen LogP contribution in [0.25, 0.3) is 0 Å². The van der Waals surface area contributed by atoms with E-state index in [0.29, 0.717) is 35.7 Å². The van der Waals surface area contributed by atoms with Gasteiger partial charge in [0.25, 0.3) is 5.69 Å². The first-order chi connectivity index (χ1) is 14.7. The molecule has 0 radical (unpaired) electrons. The third-order valence-electron chi connectivity index (χ3n) is 5.16. The van der Waals surface area contributed by atoms with E-state index in [4.69, 9.17) is 4.99 Å². The number of nitro groups is 1. The number of nitrogens with zero attached hydrogens (tertiary/aromatic N) is 3. The molecule has 1 aliphatic rings. The highest BCUT2D eigenvalue weighted by Gasteiger charge is 2.34. The van der Waals surface area contributed by atoms with Gasteiger partial charge in [0.05, 0.1) is 10.6 Å². The molecule has 8 nitrogen and oxygen atoms in total. The molecule has 0 aromatic heterocycles. The van der Waals surface area contributed by atoms with Crippen LogP contribution in [0.2, 0.25) is 0 Å². The van der Waals surface area contributed by atoms with Crippen LogP contribution in [0.4, 0.5) is 11.4 Å². The highest BCUT2D eigenvalue weighted by Crippen LogP contribution is 2.34. The number of hydrogen-bond donors (Lipinski definition) is 1. The Kier molecular flexibility index (Phi) is 6.74. The Labute approximate surface area is 184 Å². The monoisotopic (exact) mass is 441 g/mol. The smallest absolute Gasteiger partial charge is 0.326 e. The fourth-order valence-corrected chi connectivity index (χ4v) is 4.81. The van der Waals surface area contributed by atoms with E-state index in [1.165, 1.54) is 18.2 Å². The molecule has 9 heteroatoms. The number of carbonyl (C=O) groups is 2. The number of nitro benzene ring substituents is 1. The summed E-state index contributed by atoms with van der Waals surface area (Å²) in [5.41, 5.74) is 3.75. The van der Waals surface area contributed by atoms with Crippen LogP contribution in [0, 0.1) is 30.9 Å². The van der Waals surface area contributed by atoms with Gasteiger partial charge < -0.3 is 10.0 Å². The van der Waals surface area contributed by atoms with E-state index in [2.05, 4.69) is 0 Å². The summed E-state index contributed by atoms with van der Waals surface area (Å²) in [4.78, 5) is 41.0. The normalized spacial score (nSPS) is 16.4. The van der Waals surface area contributed by atoms with E-state index in [1.54, 1.807) is 4.90 Å². The minimum Gasteiger partial charge on any atom is -0.480 e. The Morgan fingerprint density at radius 2 is 1.94 bits per heavy atom. The molecular weight excluding hydrogens is 418 g/mol. The van der Waals surface area contributed by atoms with Crippen molar-refractivity contribution in [3.8, 4) is 0 Å². The number of thioether (sulfide) groups is 1. The fraction of sp³-hybridized carbons (Fsp3) is 0.318. The molecule has 0 aliphatic carbocycles. The quantitative estimate of drug-likeness (QED) is 0.179. The lowest BCUT2D eigenvalue weighted by Crippen LogP contribution is -2.39. The van der Waals surface area contributed by atoms with Gasteiger partial charge in [-0.25, -0.2) is 9.79 Å². The first-order valence-corrected chi connectivity index (χ1v) is 10.6. The molecule has 1 unspecified atom stereocenters. The van der Waals surface area contributed by atoms with Gasteiger partial charge in [0, 0.05) is 29.1 Å². The molecule has 1 saturated heterocycles. The number of aldehydes is 1. The van der Waals surface area contributed by atoms with Crippen molar-refractivity contribution in [2.75, 3.05) is 6.54 Å². The molecule has 31 heavy (non-hydrogen) atoms. The number of carboxylic acid groups (broad SMARTS) is 1. The van der Waals surface area contributed by atoms with Gasteiger partial charge in [-0.1, -0.05) is 29.5 Å². The molecule has 1 atom stereocenters. The van der Waals surface area contributed by atoms with E-state index < -0.39 is 16.9 Å². The topological polar surface area (TPSA) is 113 Å². The van der Waals surface area contributed by atoms with Crippen LogP contribution in [-0.4, -0.2) is 44.9 Å². The summed E-state index contributed by atoms with van der Waals surface area (Å²) in [5, 5.41) is 21.2. The van der Waals surface area contributed by atoms with Gasteiger partial charge in [-0.2, -0.15) is 0 Å². The number of amidine groups is 1. The second kappa shape index (κ2) is 9.30. The summed E-state index contributed by atoms with van der Waals surface area (Å²) in [7, 11) is 0. The lowest BCUT2D eigenvalue weighted by Gasteiger charge is -2.25. The van der Waals surface area contributed by atoms with E-state index >= 15 is 0 Å². The molecule has 0 amide bonds. The number of carboxylic acids is 1. The largest absolute Gasteiger partial charge is 0.480 e. The molecule has 0 spiro atoms. The second-order valence-electron chi connectivity index (χ2n) is 7.53. The van der Waals surface area contributed by atoms with Crippen LogP contribution < -0.4 is 0 Å². The third kappa shape index (κ3) is 4.93. The van der Waals surface area contributed by atoms with Crippen molar-refractivity contribution < 1.29 is 19.6 Å². The molecule has 2 aromatic rings. The number of benzene rings is 2. The van der Waals surface area contributed by atoms with Gasteiger partial charge in [-0.15, -0.1) is 0 Å². The zero-order chi connectivity index (χ0) is 22.7. The number of aliphatic imine (C=N–C) groups is 1. The molecule has 1 fully saturated rings. The molecule has 0 saturated carbocycles. The summed E-state index contributed by atoms with van der Waals surface area (Å²) in [6, 6.07) is 7.35. The summed E-state index contributed by atoms with van der Waals surface area (Å²) in [6.07, 6.45) is 1.78. The van der Waals surface area contributed by atoms with Crippen LogP contribution >= 0.6 is 11.8 Å². The number of hydrogen-bond acceptors (Lipinski definition) is 6. The maximum Gasteiger partial charge on any atom is 0.326 e. The van der Waals surface area contributed by atoms with Gasteiger partial charge in [-0.05, 0) is 50.8 Å². The van der Waals surface area contributed by atoms with Crippen LogP contribution in [-0.2, 0) is 4.79 Å². The van der Waals surface area contributed by atoms with E-state index in [0.717, 1.165) is 34.1 Å². The Bertz CT molecular complexity index is 1060. The van der Waals surface area contributed by atoms with E-state index in [9.17, 15) is 24.8 Å². The van der Waals surface area contributed by atoms with Crippen LogP contribution in [0.15, 0.2) is 40.2 Å². The number of rotatable bonds is 5. The van der Waals surface area contributed by atoms with Crippen LogP contribution in [0.3, 0.4) is 0 Å². The third-order valence-corrected chi connectivity index (χ3v) is 6.26. The van der Waals surface area contributed by atoms with Crippen molar-refractivity contribution in [2.45, 2.75) is 44.6 Å². The molecule has 0 bridgehead atoms. The molecule has 1 N–H and O–H groups in total. The number of aryl methyl sites for hydroxylation is 3. The van der Waals surface area contributed by atoms with Crippen LogP contribution in [0.5, 0.6) is 0 Å². The van der Waals surface area contributed by atoms with Crippen molar-refractivity contribution >= 4 is 40.6 Å². The van der Waals surface area contributed by atoms with E-state index in [-0.39, 0.29) is 11.3 Å². The fourth-order valence-electron chi connectivity index (χ4n) is 3.78. The van der Waals surface area contributed by atoms with Crippen molar-refractivity contribution in [3.05, 3.63) is 62.7 Å². The number of aliphatic carboxylic acids is 1. The van der Waals surface area contributed by atoms with Gasteiger partial charge in [0.2, 0.25) is 0 Å². The first kappa shape index (κ1) is 22.5. The predicted molar refractivity (Wildman–Crippen MR) is 119 cm³/mol. The van der Waals surface area contributed by atoms with Gasteiger partial charge in [0.1, 0.15) is 6.04 Å². The molecule has 3 rings (SSSR count). The first-order valence-electron chi connectivity index (χ1n) is 9.78. The highest BCUT2D eigenvalue weighted by molar-refractivity contribution is 8.13. The maximum atomic E-state index is 11.8. The Hall–Kier alpha value is -3.20. The lowest BCUT2D eigenvalue weighted by atomic mass is 10.1. The molecule has 162 valence electrons. The van der Waals surface area contributed by atoms with Gasteiger partial charge in [-0.3, -0.25) is 14.9 Å². The van der Waals surface area contributed by atoms with Crippen molar-refractivity contribution in [2.24, 2.45) is 4.99 Å². The average molecular weight is 442 g/mol. The molecule has 2 aromatic carbocycles. The number of non-ortho nitro benzene ring substituents is 1. The molecular formula is C22H23N3O5S. The van der Waals surface area contributed by atoms with Crippen LogP contribution in [0.1, 0.15) is 39.9 Å².